The second-order valence-electron chi connectivity index (χ2n) is 4.77. The molecule has 0 radical (unpaired) electrons. The highest BCUT2D eigenvalue weighted by molar-refractivity contribution is 7.12. The molecule has 2 heterocycles. The van der Waals surface area contributed by atoms with Gasteiger partial charge in [-0.15, -0.1) is 11.3 Å². The van der Waals surface area contributed by atoms with Crippen molar-refractivity contribution >= 4 is 23.2 Å². The third kappa shape index (κ3) is 3.49. The molecule has 0 saturated carbocycles. The highest BCUT2D eigenvalue weighted by Gasteiger charge is 2.36. The van der Waals surface area contributed by atoms with Crippen LogP contribution in [0.5, 0.6) is 5.75 Å². The zero-order valence-electron chi connectivity index (χ0n) is 11.2. The van der Waals surface area contributed by atoms with Crippen molar-refractivity contribution in [3.8, 4) is 5.75 Å². The molecular formula is C13H17NO5S. The molecule has 1 aliphatic rings. The van der Waals surface area contributed by atoms with Crippen LogP contribution in [0.3, 0.4) is 0 Å². The van der Waals surface area contributed by atoms with Gasteiger partial charge in [0.15, 0.2) is 0 Å². The Kier molecular flexibility index (Phi) is 4.61. The molecule has 2 N–H and O–H groups in total. The number of nitrogens with one attached hydrogen (secondary N) is 1. The van der Waals surface area contributed by atoms with Crippen LogP contribution in [0, 0.1) is 0 Å². The van der Waals surface area contributed by atoms with Crippen LogP contribution in [0.4, 0.5) is 0 Å². The van der Waals surface area contributed by atoms with Gasteiger partial charge in [-0.25, -0.2) is 0 Å². The number of carbonyl (C=O) groups excluding carboxylic acids is 1. The van der Waals surface area contributed by atoms with Crippen LogP contribution in [0.1, 0.15) is 28.9 Å². The quantitative estimate of drug-likeness (QED) is 0.861. The van der Waals surface area contributed by atoms with Gasteiger partial charge in [-0.1, -0.05) is 0 Å². The Labute approximate surface area is 120 Å². The van der Waals surface area contributed by atoms with E-state index in [4.69, 9.17) is 14.6 Å². The molecule has 1 aromatic rings. The van der Waals surface area contributed by atoms with E-state index in [1.165, 1.54) is 18.4 Å². The minimum absolute atomic E-state index is 0.0926. The SMILES string of the molecule is COc1csc(C(=O)NC2(CC(=O)O)CCOCC2)c1. The van der Waals surface area contributed by atoms with E-state index in [0.717, 1.165) is 0 Å². The van der Waals surface area contributed by atoms with Crippen molar-refractivity contribution in [3.05, 3.63) is 16.3 Å². The maximum absolute atomic E-state index is 12.2. The number of rotatable bonds is 5. The van der Waals surface area contributed by atoms with Crippen molar-refractivity contribution < 1.29 is 24.2 Å². The fourth-order valence-corrected chi connectivity index (χ4v) is 2.99. The molecule has 20 heavy (non-hydrogen) atoms. The summed E-state index contributed by atoms with van der Waals surface area (Å²) in [6.45, 7) is 0.919. The summed E-state index contributed by atoms with van der Waals surface area (Å²) in [4.78, 5) is 23.8. The number of aliphatic carboxylic acids is 1. The van der Waals surface area contributed by atoms with Crippen molar-refractivity contribution in [2.45, 2.75) is 24.8 Å². The zero-order chi connectivity index (χ0) is 14.6. The second kappa shape index (κ2) is 6.23. The van der Waals surface area contributed by atoms with Crippen molar-refractivity contribution in [1.29, 1.82) is 0 Å². The molecule has 2 rings (SSSR count). The number of carboxylic acid groups (broad SMARTS) is 1. The van der Waals surface area contributed by atoms with E-state index in [9.17, 15) is 9.59 Å². The topological polar surface area (TPSA) is 84.9 Å². The fraction of sp³-hybridized carbons (Fsp3) is 0.538. The van der Waals surface area contributed by atoms with E-state index in [-0.39, 0.29) is 12.3 Å². The molecule has 110 valence electrons. The predicted molar refractivity (Wildman–Crippen MR) is 73.4 cm³/mol. The minimum atomic E-state index is -0.920. The van der Waals surface area contributed by atoms with Gasteiger partial charge in [0.25, 0.3) is 5.91 Å². The standard InChI is InChI=1S/C13H17NO5S/c1-18-9-6-10(20-8-9)12(17)14-13(7-11(15)16)2-4-19-5-3-13/h6,8H,2-5,7H2,1H3,(H,14,17)(H,15,16). The van der Waals surface area contributed by atoms with Crippen LogP contribution in [-0.2, 0) is 9.53 Å². The van der Waals surface area contributed by atoms with E-state index in [1.54, 1.807) is 11.4 Å². The molecule has 1 aromatic heterocycles. The number of hydrogen-bond donors (Lipinski definition) is 2. The molecule has 6 nitrogen and oxygen atoms in total. The van der Waals surface area contributed by atoms with Crippen molar-refractivity contribution in [3.63, 3.8) is 0 Å². The van der Waals surface area contributed by atoms with Crippen LogP contribution >= 0.6 is 11.3 Å². The monoisotopic (exact) mass is 299 g/mol. The van der Waals surface area contributed by atoms with E-state index in [2.05, 4.69) is 5.32 Å². The molecule has 1 aliphatic heterocycles. The summed E-state index contributed by atoms with van der Waals surface area (Å²) < 4.78 is 10.3. The Morgan fingerprint density at radius 2 is 2.20 bits per heavy atom. The van der Waals surface area contributed by atoms with Gasteiger partial charge in [0, 0.05) is 24.7 Å². The van der Waals surface area contributed by atoms with Gasteiger partial charge in [0.2, 0.25) is 0 Å². The highest BCUT2D eigenvalue weighted by atomic mass is 32.1. The lowest BCUT2D eigenvalue weighted by Crippen LogP contribution is -2.53. The largest absolute Gasteiger partial charge is 0.496 e. The molecule has 0 atom stereocenters. The van der Waals surface area contributed by atoms with Crippen LogP contribution in [0.2, 0.25) is 0 Å². The molecule has 1 fully saturated rings. The van der Waals surface area contributed by atoms with E-state index in [0.29, 0.717) is 36.7 Å². The van der Waals surface area contributed by atoms with Crippen LogP contribution < -0.4 is 10.1 Å². The van der Waals surface area contributed by atoms with E-state index >= 15 is 0 Å². The highest BCUT2D eigenvalue weighted by Crippen LogP contribution is 2.27. The van der Waals surface area contributed by atoms with Gasteiger partial charge < -0.3 is 19.9 Å². The van der Waals surface area contributed by atoms with Crippen LogP contribution in [0.15, 0.2) is 11.4 Å². The molecule has 0 unspecified atom stereocenters. The van der Waals surface area contributed by atoms with Crippen molar-refractivity contribution in [2.75, 3.05) is 20.3 Å². The summed E-state index contributed by atoms with van der Waals surface area (Å²) >= 11 is 1.27. The van der Waals surface area contributed by atoms with Gasteiger partial charge in [-0.05, 0) is 12.8 Å². The molecule has 1 saturated heterocycles. The summed E-state index contributed by atoms with van der Waals surface area (Å²) in [7, 11) is 1.54. The number of methoxy groups -OCH3 is 1. The summed E-state index contributed by atoms with van der Waals surface area (Å²) in [5.41, 5.74) is -0.724. The van der Waals surface area contributed by atoms with Crippen LogP contribution in [0.25, 0.3) is 0 Å². The van der Waals surface area contributed by atoms with Gasteiger partial charge in [-0.2, -0.15) is 0 Å². The lowest BCUT2D eigenvalue weighted by molar-refractivity contribution is -0.139. The first kappa shape index (κ1) is 14.8. The summed E-state index contributed by atoms with van der Waals surface area (Å²) in [6, 6.07) is 1.65. The molecule has 0 bridgehead atoms. The van der Waals surface area contributed by atoms with E-state index in [1.807, 2.05) is 0 Å². The van der Waals surface area contributed by atoms with Gasteiger partial charge in [0.1, 0.15) is 5.75 Å². The first-order valence-corrected chi connectivity index (χ1v) is 7.17. The lowest BCUT2D eigenvalue weighted by Gasteiger charge is -2.36. The zero-order valence-corrected chi connectivity index (χ0v) is 12.0. The lowest BCUT2D eigenvalue weighted by atomic mass is 9.86. The number of hydrogen-bond acceptors (Lipinski definition) is 5. The molecule has 0 spiro atoms. The average Bonchev–Trinajstić information content (AvgIpc) is 2.87. The Balaban J connectivity index is 2.10. The third-order valence-corrected chi connectivity index (χ3v) is 4.26. The summed E-state index contributed by atoms with van der Waals surface area (Å²) in [5.74, 6) is -0.558. The molecule has 0 aliphatic carbocycles. The Morgan fingerprint density at radius 3 is 2.75 bits per heavy atom. The fourth-order valence-electron chi connectivity index (χ4n) is 2.24. The average molecular weight is 299 g/mol. The van der Waals surface area contributed by atoms with E-state index < -0.39 is 11.5 Å². The number of carboxylic acids is 1. The first-order chi connectivity index (χ1) is 9.54. The summed E-state index contributed by atoms with van der Waals surface area (Å²) in [5, 5.41) is 13.7. The van der Waals surface area contributed by atoms with Crippen molar-refractivity contribution in [2.24, 2.45) is 0 Å². The van der Waals surface area contributed by atoms with Gasteiger partial charge in [-0.3, -0.25) is 9.59 Å². The Hall–Kier alpha value is -1.60. The van der Waals surface area contributed by atoms with Gasteiger partial charge in [0.05, 0.1) is 23.9 Å². The second-order valence-corrected chi connectivity index (χ2v) is 5.68. The Bertz CT molecular complexity index is 493. The Morgan fingerprint density at radius 1 is 1.50 bits per heavy atom. The van der Waals surface area contributed by atoms with Crippen LogP contribution in [-0.4, -0.2) is 42.8 Å². The first-order valence-electron chi connectivity index (χ1n) is 6.29. The molecule has 0 aromatic carbocycles. The molecule has 7 heteroatoms. The molecule has 1 amide bonds. The predicted octanol–water partition coefficient (Wildman–Crippen LogP) is 1.51. The molecular weight excluding hydrogens is 282 g/mol. The third-order valence-electron chi connectivity index (χ3n) is 3.35. The smallest absolute Gasteiger partial charge is 0.305 e. The van der Waals surface area contributed by atoms with Crippen molar-refractivity contribution in [1.82, 2.24) is 5.32 Å². The minimum Gasteiger partial charge on any atom is -0.496 e. The number of thiophene rings is 1. The number of amides is 1. The van der Waals surface area contributed by atoms with Gasteiger partial charge >= 0.3 is 5.97 Å². The maximum Gasteiger partial charge on any atom is 0.305 e. The summed E-state index contributed by atoms with van der Waals surface area (Å²) in [6.07, 6.45) is 0.922. The maximum atomic E-state index is 12.2. The normalized spacial score (nSPS) is 17.4. The number of carbonyl (C=O) groups is 2. The number of ether oxygens (including phenoxy) is 2.